The monoisotopic (exact) mass is 320 g/mol. The lowest BCUT2D eigenvalue weighted by Crippen LogP contribution is -2.52. The lowest BCUT2D eigenvalue weighted by Gasteiger charge is -2.37. The maximum atomic E-state index is 13.0. The number of ether oxygens (including phenoxy) is 2. The average Bonchev–Trinajstić information content (AvgIpc) is 2.97. The van der Waals surface area contributed by atoms with Crippen molar-refractivity contribution in [2.75, 3.05) is 34.4 Å². The summed E-state index contributed by atoms with van der Waals surface area (Å²) in [5, 5.41) is 2.64. The Morgan fingerprint density at radius 2 is 2.13 bits per heavy atom. The van der Waals surface area contributed by atoms with Crippen molar-refractivity contribution in [3.8, 4) is 5.75 Å². The number of methoxy groups -OCH3 is 2. The third-order valence-corrected chi connectivity index (χ3v) is 4.34. The van der Waals surface area contributed by atoms with E-state index in [1.807, 2.05) is 0 Å². The fraction of sp³-hybridized carbons (Fsp3) is 0.529. The molecule has 2 rings (SSSR count). The van der Waals surface area contributed by atoms with Crippen molar-refractivity contribution in [2.24, 2.45) is 0 Å². The number of carbonyl (C=O) groups excluding carboxylic acids is 2. The van der Waals surface area contributed by atoms with E-state index < -0.39 is 5.54 Å². The van der Waals surface area contributed by atoms with Crippen molar-refractivity contribution in [1.82, 2.24) is 10.2 Å². The van der Waals surface area contributed by atoms with E-state index in [0.717, 1.165) is 12.8 Å². The summed E-state index contributed by atoms with van der Waals surface area (Å²) in [5.41, 5.74) is -0.0294. The molecular formula is C17H24N2O4. The smallest absolute Gasteiger partial charge is 0.254 e. The molecule has 6 heteroatoms. The Labute approximate surface area is 136 Å². The van der Waals surface area contributed by atoms with Crippen molar-refractivity contribution in [3.05, 3.63) is 29.8 Å². The minimum absolute atomic E-state index is 0.0904. The molecule has 0 bridgehead atoms. The molecular weight excluding hydrogens is 296 g/mol. The first-order valence-corrected chi connectivity index (χ1v) is 7.72. The third kappa shape index (κ3) is 3.64. The van der Waals surface area contributed by atoms with E-state index in [2.05, 4.69) is 5.32 Å². The van der Waals surface area contributed by atoms with Crippen molar-refractivity contribution >= 4 is 11.8 Å². The van der Waals surface area contributed by atoms with Crippen LogP contribution in [0.25, 0.3) is 0 Å². The Bertz CT molecular complexity index is 575. The maximum absolute atomic E-state index is 13.0. The van der Waals surface area contributed by atoms with Gasteiger partial charge in [-0.1, -0.05) is 6.07 Å². The van der Waals surface area contributed by atoms with E-state index in [9.17, 15) is 9.59 Å². The molecule has 1 aromatic carbocycles. The largest absolute Gasteiger partial charge is 0.497 e. The van der Waals surface area contributed by atoms with Gasteiger partial charge in [-0.2, -0.15) is 0 Å². The summed E-state index contributed by atoms with van der Waals surface area (Å²) in [5.74, 6) is 0.452. The van der Waals surface area contributed by atoms with Gasteiger partial charge in [0.1, 0.15) is 5.75 Å². The molecule has 0 spiro atoms. The van der Waals surface area contributed by atoms with E-state index in [1.54, 1.807) is 50.4 Å². The Morgan fingerprint density at radius 3 is 2.78 bits per heavy atom. The van der Waals surface area contributed by atoms with Crippen LogP contribution in [-0.4, -0.2) is 56.7 Å². The Morgan fingerprint density at radius 1 is 1.35 bits per heavy atom. The number of carbonyl (C=O) groups is 2. The zero-order chi connectivity index (χ0) is 16.9. The van der Waals surface area contributed by atoms with Crippen molar-refractivity contribution in [1.29, 1.82) is 0 Å². The van der Waals surface area contributed by atoms with E-state index in [1.165, 1.54) is 0 Å². The zero-order valence-corrected chi connectivity index (χ0v) is 13.9. The van der Waals surface area contributed by atoms with Gasteiger partial charge < -0.3 is 19.7 Å². The topological polar surface area (TPSA) is 67.9 Å². The molecule has 6 nitrogen and oxygen atoms in total. The Balaban J connectivity index is 2.30. The van der Waals surface area contributed by atoms with Crippen LogP contribution in [0.3, 0.4) is 0 Å². The average molecular weight is 320 g/mol. The number of rotatable bonds is 6. The van der Waals surface area contributed by atoms with Gasteiger partial charge in [0.15, 0.2) is 0 Å². The van der Waals surface area contributed by atoms with Gasteiger partial charge in [0, 0.05) is 26.3 Å². The molecule has 1 saturated heterocycles. The molecule has 1 aliphatic heterocycles. The highest BCUT2D eigenvalue weighted by molar-refractivity contribution is 5.95. The first kappa shape index (κ1) is 17.3. The number of nitrogens with zero attached hydrogens (tertiary/aromatic N) is 1. The lowest BCUT2D eigenvalue weighted by atomic mass is 9.91. The fourth-order valence-electron chi connectivity index (χ4n) is 3.21. The molecule has 0 radical (unpaired) electrons. The van der Waals surface area contributed by atoms with E-state index in [4.69, 9.17) is 9.47 Å². The molecule has 126 valence electrons. The normalized spacial score (nSPS) is 20.4. The fourth-order valence-corrected chi connectivity index (χ4v) is 3.21. The molecule has 0 aliphatic carbocycles. The molecule has 0 unspecified atom stereocenters. The second-order valence-electron chi connectivity index (χ2n) is 5.80. The molecule has 1 aliphatic rings. The molecule has 0 aromatic heterocycles. The maximum Gasteiger partial charge on any atom is 0.254 e. The standard InChI is InChI=1S/C17H24N2O4/c1-18-15(20)11-17(12-22-2)8-5-9-19(17)16(21)13-6-4-7-14(10-13)23-3/h4,6-7,10H,5,8-9,11-12H2,1-3H3,(H,18,20)/t17-/m1/s1. The first-order chi connectivity index (χ1) is 11.1. The van der Waals surface area contributed by atoms with Crippen molar-refractivity contribution < 1.29 is 19.1 Å². The predicted molar refractivity (Wildman–Crippen MR) is 86.6 cm³/mol. The van der Waals surface area contributed by atoms with Crippen LogP contribution in [0.15, 0.2) is 24.3 Å². The van der Waals surface area contributed by atoms with Crippen LogP contribution in [0, 0.1) is 0 Å². The minimum Gasteiger partial charge on any atom is -0.497 e. The summed E-state index contributed by atoms with van der Waals surface area (Å²) >= 11 is 0. The summed E-state index contributed by atoms with van der Waals surface area (Å²) in [6.45, 7) is 0.965. The molecule has 1 fully saturated rings. The highest BCUT2D eigenvalue weighted by atomic mass is 16.5. The molecule has 1 N–H and O–H groups in total. The third-order valence-electron chi connectivity index (χ3n) is 4.34. The SMILES string of the molecule is CNC(=O)C[C@@]1(COC)CCCN1C(=O)c1cccc(OC)c1. The molecule has 0 saturated carbocycles. The number of hydrogen-bond donors (Lipinski definition) is 1. The highest BCUT2D eigenvalue weighted by Gasteiger charge is 2.45. The van der Waals surface area contributed by atoms with Gasteiger partial charge in [0.2, 0.25) is 5.91 Å². The second kappa shape index (κ2) is 7.46. The van der Waals surface area contributed by atoms with Crippen LogP contribution in [0.2, 0.25) is 0 Å². The van der Waals surface area contributed by atoms with E-state index >= 15 is 0 Å². The van der Waals surface area contributed by atoms with Gasteiger partial charge in [-0.25, -0.2) is 0 Å². The number of benzene rings is 1. The summed E-state index contributed by atoms with van der Waals surface area (Å²) in [4.78, 5) is 26.7. The van der Waals surface area contributed by atoms with Crippen molar-refractivity contribution in [2.45, 2.75) is 24.8 Å². The van der Waals surface area contributed by atoms with Crippen LogP contribution in [-0.2, 0) is 9.53 Å². The quantitative estimate of drug-likeness (QED) is 0.861. The van der Waals surface area contributed by atoms with Gasteiger partial charge >= 0.3 is 0 Å². The van der Waals surface area contributed by atoms with Crippen LogP contribution in [0.1, 0.15) is 29.6 Å². The van der Waals surface area contributed by atoms with Crippen LogP contribution in [0.5, 0.6) is 5.75 Å². The molecule has 23 heavy (non-hydrogen) atoms. The number of nitrogens with one attached hydrogen (secondary N) is 1. The van der Waals surface area contributed by atoms with Crippen LogP contribution in [0.4, 0.5) is 0 Å². The van der Waals surface area contributed by atoms with Gasteiger partial charge in [0.05, 0.1) is 25.7 Å². The van der Waals surface area contributed by atoms with Crippen molar-refractivity contribution in [3.63, 3.8) is 0 Å². The first-order valence-electron chi connectivity index (χ1n) is 7.72. The number of hydrogen-bond acceptors (Lipinski definition) is 4. The number of amides is 2. The van der Waals surface area contributed by atoms with Gasteiger partial charge in [0.25, 0.3) is 5.91 Å². The Hall–Kier alpha value is -2.08. The summed E-state index contributed by atoms with van der Waals surface area (Å²) in [6.07, 6.45) is 1.85. The van der Waals surface area contributed by atoms with Gasteiger partial charge in [-0.3, -0.25) is 9.59 Å². The zero-order valence-electron chi connectivity index (χ0n) is 13.9. The minimum atomic E-state index is -0.588. The molecule has 1 heterocycles. The summed E-state index contributed by atoms with van der Waals surface area (Å²) in [6, 6.07) is 7.07. The van der Waals surface area contributed by atoms with E-state index in [-0.39, 0.29) is 18.2 Å². The number of likely N-dealkylation sites (tertiary alicyclic amines) is 1. The molecule has 1 atom stereocenters. The van der Waals surface area contributed by atoms with Gasteiger partial charge in [-0.05, 0) is 31.0 Å². The Kier molecular flexibility index (Phi) is 5.60. The summed E-state index contributed by atoms with van der Waals surface area (Å²) < 4.78 is 10.5. The van der Waals surface area contributed by atoms with Crippen LogP contribution < -0.4 is 10.1 Å². The summed E-state index contributed by atoms with van der Waals surface area (Å²) in [7, 11) is 4.77. The van der Waals surface area contributed by atoms with Gasteiger partial charge in [-0.15, -0.1) is 0 Å². The van der Waals surface area contributed by atoms with Crippen LogP contribution >= 0.6 is 0 Å². The molecule has 2 amide bonds. The predicted octanol–water partition coefficient (Wildman–Crippen LogP) is 1.45. The molecule has 1 aromatic rings. The lowest BCUT2D eigenvalue weighted by molar-refractivity contribution is -0.123. The van der Waals surface area contributed by atoms with E-state index in [0.29, 0.717) is 24.5 Å². The second-order valence-corrected chi connectivity index (χ2v) is 5.80. The highest BCUT2D eigenvalue weighted by Crippen LogP contribution is 2.34.